The SMILES string of the molecule is CCC(=O)NC.NCC(=O)O. The summed E-state index contributed by atoms with van der Waals surface area (Å²) in [6.07, 6.45) is 0.580. The summed E-state index contributed by atoms with van der Waals surface area (Å²) in [5, 5.41) is 10.1. The Morgan fingerprint density at radius 2 is 1.91 bits per heavy atom. The maximum atomic E-state index is 10.1. The van der Waals surface area contributed by atoms with Gasteiger partial charge in [0.05, 0.1) is 6.54 Å². The minimum Gasteiger partial charge on any atom is -0.480 e. The molecule has 0 aliphatic heterocycles. The Balaban J connectivity index is 0. The van der Waals surface area contributed by atoms with E-state index in [1.54, 1.807) is 7.05 Å². The van der Waals surface area contributed by atoms with Crippen molar-refractivity contribution in [2.24, 2.45) is 5.73 Å². The molecule has 0 bridgehead atoms. The van der Waals surface area contributed by atoms with E-state index in [0.29, 0.717) is 6.42 Å². The van der Waals surface area contributed by atoms with E-state index >= 15 is 0 Å². The van der Waals surface area contributed by atoms with Gasteiger partial charge in [0.2, 0.25) is 5.91 Å². The lowest BCUT2D eigenvalue weighted by Crippen LogP contribution is -2.15. The van der Waals surface area contributed by atoms with Crippen LogP contribution >= 0.6 is 0 Å². The molecule has 0 rings (SSSR count). The Morgan fingerprint density at radius 1 is 1.55 bits per heavy atom. The van der Waals surface area contributed by atoms with Crippen LogP contribution in [0, 0.1) is 0 Å². The summed E-state index contributed by atoms with van der Waals surface area (Å²) in [7, 11) is 1.63. The predicted octanol–water partition coefficient (Wildman–Crippen LogP) is -0.828. The third-order valence-electron chi connectivity index (χ3n) is 0.775. The monoisotopic (exact) mass is 162 g/mol. The summed E-state index contributed by atoms with van der Waals surface area (Å²) < 4.78 is 0. The molecule has 5 heteroatoms. The van der Waals surface area contributed by atoms with Gasteiger partial charge >= 0.3 is 5.97 Å². The zero-order valence-electron chi connectivity index (χ0n) is 6.76. The van der Waals surface area contributed by atoms with Gasteiger partial charge in [-0.1, -0.05) is 6.92 Å². The van der Waals surface area contributed by atoms with Crippen molar-refractivity contribution in [3.05, 3.63) is 0 Å². The van der Waals surface area contributed by atoms with E-state index in [0.717, 1.165) is 0 Å². The zero-order valence-corrected chi connectivity index (χ0v) is 6.76. The fraction of sp³-hybridized carbons (Fsp3) is 0.667. The largest absolute Gasteiger partial charge is 0.480 e. The van der Waals surface area contributed by atoms with Gasteiger partial charge in [-0.3, -0.25) is 9.59 Å². The smallest absolute Gasteiger partial charge is 0.317 e. The number of aliphatic carboxylic acids is 1. The van der Waals surface area contributed by atoms with Crippen molar-refractivity contribution in [3.8, 4) is 0 Å². The van der Waals surface area contributed by atoms with Gasteiger partial charge in [0.1, 0.15) is 0 Å². The van der Waals surface area contributed by atoms with E-state index in [2.05, 4.69) is 11.1 Å². The Labute approximate surface area is 65.6 Å². The van der Waals surface area contributed by atoms with Crippen LogP contribution in [-0.2, 0) is 9.59 Å². The van der Waals surface area contributed by atoms with E-state index in [-0.39, 0.29) is 12.5 Å². The first-order chi connectivity index (χ1) is 5.08. The molecule has 0 radical (unpaired) electrons. The van der Waals surface area contributed by atoms with Crippen LogP contribution in [0.3, 0.4) is 0 Å². The Morgan fingerprint density at radius 3 is 1.91 bits per heavy atom. The third kappa shape index (κ3) is 17.6. The lowest BCUT2D eigenvalue weighted by atomic mass is 10.5. The van der Waals surface area contributed by atoms with E-state index in [1.165, 1.54) is 0 Å². The van der Waals surface area contributed by atoms with Gasteiger partial charge in [0, 0.05) is 13.5 Å². The van der Waals surface area contributed by atoms with E-state index < -0.39 is 5.97 Å². The lowest BCUT2D eigenvalue weighted by molar-refractivity contribution is -0.135. The second kappa shape index (κ2) is 8.90. The molecule has 0 saturated heterocycles. The van der Waals surface area contributed by atoms with Crippen LogP contribution in [0.2, 0.25) is 0 Å². The first-order valence-electron chi connectivity index (χ1n) is 3.20. The third-order valence-corrected chi connectivity index (χ3v) is 0.775. The van der Waals surface area contributed by atoms with Crippen LogP contribution in [0.25, 0.3) is 0 Å². The van der Waals surface area contributed by atoms with Crippen LogP contribution in [-0.4, -0.2) is 30.6 Å². The molecule has 0 aliphatic rings. The van der Waals surface area contributed by atoms with Gasteiger partial charge in [-0.15, -0.1) is 0 Å². The number of rotatable bonds is 2. The average Bonchev–Trinajstić information content (AvgIpc) is 2.04. The highest BCUT2D eigenvalue weighted by molar-refractivity contribution is 5.74. The molecule has 0 spiro atoms. The van der Waals surface area contributed by atoms with Crippen molar-refractivity contribution in [2.75, 3.05) is 13.6 Å². The molecule has 0 fully saturated rings. The van der Waals surface area contributed by atoms with Crippen LogP contribution in [0.4, 0.5) is 0 Å². The summed E-state index contributed by atoms with van der Waals surface area (Å²) in [5.41, 5.74) is 4.57. The van der Waals surface area contributed by atoms with Crippen molar-refractivity contribution in [1.82, 2.24) is 5.32 Å². The molecule has 0 saturated carbocycles. The topological polar surface area (TPSA) is 92.4 Å². The minimum absolute atomic E-state index is 0.0926. The highest BCUT2D eigenvalue weighted by Crippen LogP contribution is 1.68. The molecule has 0 aromatic carbocycles. The number of hydrogen-bond acceptors (Lipinski definition) is 3. The van der Waals surface area contributed by atoms with E-state index in [9.17, 15) is 9.59 Å². The Hall–Kier alpha value is -1.10. The number of nitrogens with one attached hydrogen (secondary N) is 1. The van der Waals surface area contributed by atoms with Crippen molar-refractivity contribution in [1.29, 1.82) is 0 Å². The van der Waals surface area contributed by atoms with Crippen molar-refractivity contribution >= 4 is 11.9 Å². The molecular weight excluding hydrogens is 148 g/mol. The summed E-state index contributed by atoms with van der Waals surface area (Å²) >= 11 is 0. The summed E-state index contributed by atoms with van der Waals surface area (Å²) in [4.78, 5) is 19.3. The van der Waals surface area contributed by atoms with Crippen molar-refractivity contribution in [2.45, 2.75) is 13.3 Å². The molecular formula is C6H14N2O3. The number of carboxylic acids is 1. The molecule has 5 nitrogen and oxygen atoms in total. The molecule has 11 heavy (non-hydrogen) atoms. The number of carboxylic acid groups (broad SMARTS) is 1. The minimum atomic E-state index is -0.968. The quantitative estimate of drug-likeness (QED) is 0.494. The second-order valence-electron chi connectivity index (χ2n) is 1.62. The second-order valence-corrected chi connectivity index (χ2v) is 1.62. The molecule has 4 N–H and O–H groups in total. The standard InChI is InChI=1S/C4H9NO.C2H5NO2/c1-3-4(6)5-2;3-1-2(4)5/h3H2,1-2H3,(H,5,6);1,3H2,(H,4,5). The van der Waals surface area contributed by atoms with Crippen molar-refractivity contribution < 1.29 is 14.7 Å². The number of carbonyl (C=O) groups is 2. The summed E-state index contributed by atoms with van der Waals surface area (Å²) in [6, 6.07) is 0. The van der Waals surface area contributed by atoms with Gasteiger partial charge < -0.3 is 16.2 Å². The van der Waals surface area contributed by atoms with Crippen LogP contribution in [0.5, 0.6) is 0 Å². The molecule has 0 aromatic heterocycles. The number of hydrogen-bond donors (Lipinski definition) is 3. The number of nitrogens with two attached hydrogens (primary N) is 1. The van der Waals surface area contributed by atoms with Gasteiger partial charge in [-0.25, -0.2) is 0 Å². The highest BCUT2D eigenvalue weighted by atomic mass is 16.4. The maximum absolute atomic E-state index is 10.1. The summed E-state index contributed by atoms with van der Waals surface area (Å²) in [5.74, 6) is -0.875. The normalized spacial score (nSPS) is 7.55. The first kappa shape index (κ1) is 12.6. The molecule has 0 aromatic rings. The van der Waals surface area contributed by atoms with Crippen LogP contribution < -0.4 is 11.1 Å². The van der Waals surface area contributed by atoms with E-state index in [4.69, 9.17) is 5.11 Å². The average molecular weight is 162 g/mol. The molecule has 0 unspecified atom stereocenters. The van der Waals surface area contributed by atoms with Gasteiger partial charge in [0.15, 0.2) is 0 Å². The van der Waals surface area contributed by atoms with Crippen LogP contribution in [0.1, 0.15) is 13.3 Å². The van der Waals surface area contributed by atoms with Crippen LogP contribution in [0.15, 0.2) is 0 Å². The lowest BCUT2D eigenvalue weighted by Gasteiger charge is -1.87. The fourth-order valence-corrected chi connectivity index (χ4v) is 0.177. The predicted molar refractivity (Wildman–Crippen MR) is 41.0 cm³/mol. The molecule has 1 amide bonds. The Bertz CT molecular complexity index is 119. The number of amides is 1. The van der Waals surface area contributed by atoms with Gasteiger partial charge in [-0.2, -0.15) is 0 Å². The summed E-state index contributed by atoms with van der Waals surface area (Å²) in [6.45, 7) is 1.54. The molecule has 0 aliphatic carbocycles. The fourth-order valence-electron chi connectivity index (χ4n) is 0.177. The molecule has 0 heterocycles. The first-order valence-corrected chi connectivity index (χ1v) is 3.20. The van der Waals surface area contributed by atoms with Gasteiger partial charge in [-0.05, 0) is 0 Å². The van der Waals surface area contributed by atoms with E-state index in [1.807, 2.05) is 6.92 Å². The Kier molecular flexibility index (Phi) is 10.2. The maximum Gasteiger partial charge on any atom is 0.317 e. The van der Waals surface area contributed by atoms with Gasteiger partial charge in [0.25, 0.3) is 0 Å². The molecule has 0 atom stereocenters. The molecule has 66 valence electrons. The van der Waals surface area contributed by atoms with Crippen molar-refractivity contribution in [3.63, 3.8) is 0 Å². The zero-order chi connectivity index (χ0) is 9.28. The highest BCUT2D eigenvalue weighted by Gasteiger charge is 1.84. The number of carbonyl (C=O) groups excluding carboxylic acids is 1.